The van der Waals surface area contributed by atoms with E-state index in [9.17, 15) is 9.18 Å². The van der Waals surface area contributed by atoms with Crippen LogP contribution in [0.3, 0.4) is 0 Å². The van der Waals surface area contributed by atoms with Gasteiger partial charge >= 0.3 is 0 Å². The Kier molecular flexibility index (Phi) is 3.20. The molecule has 68 valence electrons. The molecule has 0 saturated heterocycles. The van der Waals surface area contributed by atoms with E-state index in [1.807, 2.05) is 0 Å². The molecular weight excluding hydrogens is 191 g/mol. The van der Waals surface area contributed by atoms with Gasteiger partial charge in [0.15, 0.2) is 5.78 Å². The molecule has 0 bridgehead atoms. The lowest BCUT2D eigenvalue weighted by molar-refractivity contribution is -0.114. The summed E-state index contributed by atoms with van der Waals surface area (Å²) in [6, 6.07) is 4.22. The molecule has 1 rings (SSSR count). The zero-order valence-electron chi connectivity index (χ0n) is 6.89. The Morgan fingerprint density at radius 2 is 2.31 bits per heavy atom. The summed E-state index contributed by atoms with van der Waals surface area (Å²) in [5.74, 6) is -0.584. The molecule has 0 fully saturated rings. The third-order valence-electron chi connectivity index (χ3n) is 1.59. The van der Waals surface area contributed by atoms with E-state index in [1.54, 1.807) is 0 Å². The Labute approximate surface area is 80.8 Å². The molecule has 0 heterocycles. The van der Waals surface area contributed by atoms with Crippen molar-refractivity contribution in [2.45, 2.75) is 6.42 Å². The number of rotatable bonds is 3. The lowest BCUT2D eigenvalue weighted by atomic mass is 10.1. The largest absolute Gasteiger partial charge is 0.295 e. The molecule has 1 aromatic carbocycles. The van der Waals surface area contributed by atoms with Gasteiger partial charge in [0.05, 0.1) is 5.02 Å². The first-order valence-electron chi connectivity index (χ1n) is 3.72. The van der Waals surface area contributed by atoms with Gasteiger partial charge in [0.1, 0.15) is 5.82 Å². The van der Waals surface area contributed by atoms with Gasteiger partial charge < -0.3 is 0 Å². The minimum atomic E-state index is -0.475. The van der Waals surface area contributed by atoms with Crippen LogP contribution < -0.4 is 0 Å². The van der Waals surface area contributed by atoms with Crippen LogP contribution in [0.15, 0.2) is 30.9 Å². The van der Waals surface area contributed by atoms with Crippen molar-refractivity contribution in [3.63, 3.8) is 0 Å². The van der Waals surface area contributed by atoms with E-state index in [0.717, 1.165) is 0 Å². The molecule has 0 saturated carbocycles. The summed E-state index contributed by atoms with van der Waals surface area (Å²) >= 11 is 5.53. The topological polar surface area (TPSA) is 17.1 Å². The van der Waals surface area contributed by atoms with Gasteiger partial charge in [-0.3, -0.25) is 4.79 Å². The molecule has 13 heavy (non-hydrogen) atoms. The zero-order chi connectivity index (χ0) is 9.84. The molecule has 0 unspecified atom stereocenters. The zero-order valence-corrected chi connectivity index (χ0v) is 7.64. The maximum Gasteiger partial charge on any atom is 0.159 e. The summed E-state index contributed by atoms with van der Waals surface area (Å²) in [6.45, 7) is 3.34. The molecule has 0 aliphatic carbocycles. The number of ketones is 1. The fourth-order valence-corrected chi connectivity index (χ4v) is 1.13. The van der Waals surface area contributed by atoms with Gasteiger partial charge in [-0.25, -0.2) is 4.39 Å². The monoisotopic (exact) mass is 198 g/mol. The molecule has 0 radical (unpaired) electrons. The highest BCUT2D eigenvalue weighted by atomic mass is 35.5. The molecule has 1 nitrogen and oxygen atoms in total. The van der Waals surface area contributed by atoms with Gasteiger partial charge in [-0.15, -0.1) is 0 Å². The molecule has 0 spiro atoms. The van der Waals surface area contributed by atoms with Crippen LogP contribution in [0.2, 0.25) is 5.02 Å². The second kappa shape index (κ2) is 4.19. The lowest BCUT2D eigenvalue weighted by Gasteiger charge is -1.99. The highest BCUT2D eigenvalue weighted by molar-refractivity contribution is 6.30. The summed E-state index contributed by atoms with van der Waals surface area (Å²) in [7, 11) is 0. The summed E-state index contributed by atoms with van der Waals surface area (Å²) < 4.78 is 12.7. The number of carbonyl (C=O) groups excluding carboxylic acids is 1. The Hall–Kier alpha value is -1.15. The fourth-order valence-electron chi connectivity index (χ4n) is 0.923. The van der Waals surface area contributed by atoms with E-state index in [-0.39, 0.29) is 17.2 Å². The highest BCUT2D eigenvalue weighted by Gasteiger charge is 2.03. The van der Waals surface area contributed by atoms with Gasteiger partial charge in [0.25, 0.3) is 0 Å². The van der Waals surface area contributed by atoms with Crippen molar-refractivity contribution in [3.05, 3.63) is 47.3 Å². The van der Waals surface area contributed by atoms with Crippen LogP contribution in [0.5, 0.6) is 0 Å². The van der Waals surface area contributed by atoms with Gasteiger partial charge in [-0.2, -0.15) is 0 Å². The smallest absolute Gasteiger partial charge is 0.159 e. The van der Waals surface area contributed by atoms with Crippen LogP contribution in [0.4, 0.5) is 4.39 Å². The van der Waals surface area contributed by atoms with Crippen molar-refractivity contribution in [1.82, 2.24) is 0 Å². The molecular formula is C10H8ClFO. The van der Waals surface area contributed by atoms with Crippen LogP contribution in [0.25, 0.3) is 0 Å². The second-order valence-corrected chi connectivity index (χ2v) is 3.00. The van der Waals surface area contributed by atoms with Crippen molar-refractivity contribution in [1.29, 1.82) is 0 Å². The SMILES string of the molecule is C=CC(=O)Cc1ccc(F)c(Cl)c1. The lowest BCUT2D eigenvalue weighted by Crippen LogP contribution is -1.97. The fraction of sp³-hybridized carbons (Fsp3) is 0.100. The van der Waals surface area contributed by atoms with Crippen molar-refractivity contribution in [3.8, 4) is 0 Å². The molecule has 1 aromatic rings. The Balaban J connectivity index is 2.85. The summed E-state index contributed by atoms with van der Waals surface area (Å²) in [6.07, 6.45) is 1.45. The maximum atomic E-state index is 12.7. The van der Waals surface area contributed by atoms with E-state index in [4.69, 9.17) is 11.6 Å². The van der Waals surface area contributed by atoms with E-state index in [1.165, 1.54) is 24.3 Å². The maximum absolute atomic E-state index is 12.7. The van der Waals surface area contributed by atoms with Gasteiger partial charge in [-0.1, -0.05) is 24.2 Å². The second-order valence-electron chi connectivity index (χ2n) is 2.60. The third-order valence-corrected chi connectivity index (χ3v) is 1.88. The standard InChI is InChI=1S/C10H8ClFO/c1-2-8(13)5-7-3-4-10(12)9(11)6-7/h2-4,6H,1,5H2. The van der Waals surface area contributed by atoms with Gasteiger partial charge in [0, 0.05) is 6.42 Å². The number of carbonyl (C=O) groups is 1. The van der Waals surface area contributed by atoms with Crippen LogP contribution in [0, 0.1) is 5.82 Å². The van der Waals surface area contributed by atoms with Crippen LogP contribution in [-0.2, 0) is 11.2 Å². The van der Waals surface area contributed by atoms with Crippen LogP contribution in [-0.4, -0.2) is 5.78 Å². The van der Waals surface area contributed by atoms with E-state index < -0.39 is 5.82 Å². The molecule has 0 amide bonds. The summed E-state index contributed by atoms with van der Waals surface area (Å²) in [4.78, 5) is 10.9. The number of hydrogen-bond acceptors (Lipinski definition) is 1. The highest BCUT2D eigenvalue weighted by Crippen LogP contribution is 2.16. The number of hydrogen-bond donors (Lipinski definition) is 0. The molecule has 0 atom stereocenters. The Morgan fingerprint density at radius 3 is 2.85 bits per heavy atom. The Bertz CT molecular complexity index is 347. The normalized spacial score (nSPS) is 9.69. The van der Waals surface area contributed by atoms with Crippen molar-refractivity contribution in [2.75, 3.05) is 0 Å². The first kappa shape index (κ1) is 9.93. The predicted octanol–water partition coefficient (Wildman–Crippen LogP) is 2.78. The quantitative estimate of drug-likeness (QED) is 0.683. The predicted molar refractivity (Wildman–Crippen MR) is 50.3 cm³/mol. The van der Waals surface area contributed by atoms with Crippen molar-refractivity contribution < 1.29 is 9.18 Å². The molecule has 0 aromatic heterocycles. The van der Waals surface area contributed by atoms with Gasteiger partial charge in [-0.05, 0) is 23.8 Å². The minimum Gasteiger partial charge on any atom is -0.295 e. The van der Waals surface area contributed by atoms with E-state index in [0.29, 0.717) is 5.56 Å². The number of halogens is 2. The first-order chi connectivity index (χ1) is 6.13. The minimum absolute atomic E-state index is 0.0364. The van der Waals surface area contributed by atoms with Crippen molar-refractivity contribution in [2.24, 2.45) is 0 Å². The van der Waals surface area contributed by atoms with E-state index in [2.05, 4.69) is 6.58 Å². The number of benzene rings is 1. The third kappa shape index (κ3) is 2.67. The average Bonchev–Trinajstić information content (AvgIpc) is 2.11. The van der Waals surface area contributed by atoms with Crippen LogP contribution >= 0.6 is 11.6 Å². The molecule has 0 N–H and O–H groups in total. The first-order valence-corrected chi connectivity index (χ1v) is 4.10. The van der Waals surface area contributed by atoms with Crippen molar-refractivity contribution >= 4 is 17.4 Å². The molecule has 3 heteroatoms. The number of allylic oxidation sites excluding steroid dienone is 1. The molecule has 0 aliphatic rings. The van der Waals surface area contributed by atoms with E-state index >= 15 is 0 Å². The summed E-state index contributed by atoms with van der Waals surface area (Å²) in [5, 5.41) is 0.0364. The average molecular weight is 199 g/mol. The summed E-state index contributed by atoms with van der Waals surface area (Å²) in [5.41, 5.74) is 0.691. The molecule has 0 aliphatic heterocycles. The Morgan fingerprint density at radius 1 is 1.62 bits per heavy atom. The van der Waals surface area contributed by atoms with Crippen LogP contribution in [0.1, 0.15) is 5.56 Å². The van der Waals surface area contributed by atoms with Gasteiger partial charge in [0.2, 0.25) is 0 Å².